The van der Waals surface area contributed by atoms with Gasteiger partial charge in [-0.25, -0.2) is 0 Å². The van der Waals surface area contributed by atoms with Gasteiger partial charge in [0.2, 0.25) is 0 Å². The van der Waals surface area contributed by atoms with E-state index in [9.17, 15) is 4.79 Å². The zero-order valence-corrected chi connectivity index (χ0v) is 10.6. The molecule has 0 atom stereocenters. The number of hydrogen-bond acceptors (Lipinski definition) is 5. The highest BCUT2D eigenvalue weighted by Gasteiger charge is 2.00. The van der Waals surface area contributed by atoms with Crippen LogP contribution in [0.5, 0.6) is 0 Å². The minimum atomic E-state index is -0.230. The zero-order chi connectivity index (χ0) is 11.7. The van der Waals surface area contributed by atoms with Crippen LogP contribution in [0.3, 0.4) is 0 Å². The smallest absolute Gasteiger partial charge is 0.315 e. The van der Waals surface area contributed by atoms with Gasteiger partial charge >= 0.3 is 5.97 Å². The molecule has 0 amide bonds. The number of carbonyl (C=O) groups is 1. The topological polar surface area (TPSA) is 62.7 Å². The summed E-state index contributed by atoms with van der Waals surface area (Å²) < 4.78 is 4.50. The molecule has 0 rings (SSSR count). The lowest BCUT2D eigenvalue weighted by Gasteiger charge is -2.03. The van der Waals surface area contributed by atoms with Crippen LogP contribution < -0.4 is 10.7 Å². The van der Waals surface area contributed by atoms with Crippen LogP contribution in [0.2, 0.25) is 0 Å². The van der Waals surface area contributed by atoms with E-state index in [0.29, 0.717) is 16.6 Å². The van der Waals surface area contributed by atoms with Gasteiger partial charge in [-0.2, -0.15) is 5.10 Å². The maximum atomic E-state index is 10.8. The first-order valence-corrected chi connectivity index (χ1v) is 5.82. The van der Waals surface area contributed by atoms with Crippen molar-refractivity contribution >= 4 is 40.8 Å². The van der Waals surface area contributed by atoms with Gasteiger partial charge in [-0.3, -0.25) is 10.2 Å². The molecule has 0 saturated carbocycles. The second kappa shape index (κ2) is 8.49. The summed E-state index contributed by atoms with van der Waals surface area (Å²) in [5.41, 5.74) is 3.53. The van der Waals surface area contributed by atoms with Gasteiger partial charge in [-0.05, 0) is 19.1 Å². The number of ether oxygens (including phenoxy) is 1. The number of thiocarbonyl (C=S) groups is 1. The molecule has 0 aliphatic rings. The molecular weight excluding hydrogens is 234 g/mol. The van der Waals surface area contributed by atoms with Crippen LogP contribution in [0.1, 0.15) is 6.92 Å². The third kappa shape index (κ3) is 8.19. The van der Waals surface area contributed by atoms with Crippen molar-refractivity contribution in [3.05, 3.63) is 0 Å². The number of nitrogens with zero attached hydrogens (tertiary/aromatic N) is 1. The Morgan fingerprint density at radius 2 is 2.20 bits per heavy atom. The van der Waals surface area contributed by atoms with Gasteiger partial charge in [0, 0.05) is 18.5 Å². The second-order valence-electron chi connectivity index (χ2n) is 2.61. The Hall–Kier alpha value is -0.820. The van der Waals surface area contributed by atoms with Crippen molar-refractivity contribution in [1.82, 2.24) is 10.7 Å². The van der Waals surface area contributed by atoms with E-state index in [2.05, 4.69) is 20.6 Å². The van der Waals surface area contributed by atoms with Gasteiger partial charge < -0.3 is 10.1 Å². The molecule has 0 heterocycles. The van der Waals surface area contributed by atoms with Crippen LogP contribution in [0, 0.1) is 0 Å². The fourth-order valence-electron chi connectivity index (χ4n) is 0.575. The minimum absolute atomic E-state index is 0.230. The lowest BCUT2D eigenvalue weighted by molar-refractivity contribution is -0.137. The minimum Gasteiger partial charge on any atom is -0.468 e. The monoisotopic (exact) mass is 249 g/mol. The third-order valence-electron chi connectivity index (χ3n) is 1.33. The SMILES string of the molecule is CNC(=S)N/N=C(/C)CSCC(=O)OC. The van der Waals surface area contributed by atoms with Gasteiger partial charge in [0.25, 0.3) is 0 Å². The molecule has 0 fully saturated rings. The van der Waals surface area contributed by atoms with Crippen molar-refractivity contribution in [3.63, 3.8) is 0 Å². The maximum Gasteiger partial charge on any atom is 0.315 e. The standard InChI is InChI=1S/C8H15N3O2S2/c1-6(10-11-8(14)9-2)4-15-5-7(12)13-3/h4-5H2,1-3H3,(H2,9,11,14)/b10-6-. The molecule has 0 saturated heterocycles. The van der Waals surface area contributed by atoms with Crippen molar-refractivity contribution in [2.24, 2.45) is 5.10 Å². The summed E-state index contributed by atoms with van der Waals surface area (Å²) in [4.78, 5) is 10.8. The normalized spacial score (nSPS) is 10.7. The first-order chi connectivity index (χ1) is 7.10. The Morgan fingerprint density at radius 3 is 2.73 bits per heavy atom. The van der Waals surface area contributed by atoms with Crippen molar-refractivity contribution in [1.29, 1.82) is 0 Å². The van der Waals surface area contributed by atoms with Crippen molar-refractivity contribution in [2.75, 3.05) is 25.7 Å². The Labute approximate surface area is 99.0 Å². The zero-order valence-electron chi connectivity index (χ0n) is 8.99. The number of esters is 1. The van der Waals surface area contributed by atoms with Crippen molar-refractivity contribution in [2.45, 2.75) is 6.92 Å². The Balaban J connectivity index is 3.68. The average Bonchev–Trinajstić information content (AvgIpc) is 2.25. The second-order valence-corrected chi connectivity index (χ2v) is 4.00. The first-order valence-electron chi connectivity index (χ1n) is 4.25. The summed E-state index contributed by atoms with van der Waals surface area (Å²) >= 11 is 6.28. The number of hydrogen-bond donors (Lipinski definition) is 2. The summed E-state index contributed by atoms with van der Waals surface area (Å²) in [6.45, 7) is 1.86. The number of hydrazone groups is 1. The number of methoxy groups -OCH3 is 1. The summed E-state index contributed by atoms with van der Waals surface area (Å²) in [7, 11) is 3.09. The van der Waals surface area contributed by atoms with Gasteiger partial charge in [-0.15, -0.1) is 11.8 Å². The van der Waals surface area contributed by atoms with Crippen LogP contribution >= 0.6 is 24.0 Å². The molecule has 0 bridgehead atoms. The molecule has 0 aliphatic carbocycles. The van der Waals surface area contributed by atoms with Gasteiger partial charge in [0.1, 0.15) is 0 Å². The van der Waals surface area contributed by atoms with Crippen molar-refractivity contribution in [3.8, 4) is 0 Å². The Kier molecular flexibility index (Phi) is 8.02. The van der Waals surface area contributed by atoms with Gasteiger partial charge in [-0.1, -0.05) is 0 Å². The van der Waals surface area contributed by atoms with Gasteiger partial charge in [0.15, 0.2) is 5.11 Å². The molecule has 2 N–H and O–H groups in total. The average molecular weight is 249 g/mol. The molecule has 0 aromatic rings. The third-order valence-corrected chi connectivity index (χ3v) is 2.69. The highest BCUT2D eigenvalue weighted by Crippen LogP contribution is 2.00. The van der Waals surface area contributed by atoms with E-state index in [-0.39, 0.29) is 5.97 Å². The lowest BCUT2D eigenvalue weighted by Crippen LogP contribution is -2.29. The summed E-state index contributed by atoms with van der Waals surface area (Å²) in [5, 5.41) is 7.21. The largest absolute Gasteiger partial charge is 0.468 e. The fourth-order valence-corrected chi connectivity index (χ4v) is 1.37. The van der Waals surface area contributed by atoms with Crippen molar-refractivity contribution < 1.29 is 9.53 Å². The molecule has 15 heavy (non-hydrogen) atoms. The molecule has 0 aliphatic heterocycles. The van der Waals surface area contributed by atoms with Gasteiger partial charge in [0.05, 0.1) is 12.9 Å². The first kappa shape index (κ1) is 14.2. The molecule has 0 spiro atoms. The highest BCUT2D eigenvalue weighted by molar-refractivity contribution is 8.00. The van der Waals surface area contributed by atoms with E-state index in [1.165, 1.54) is 18.9 Å². The van der Waals surface area contributed by atoms with Crippen LogP contribution in [0.4, 0.5) is 0 Å². The Morgan fingerprint density at radius 1 is 1.53 bits per heavy atom. The molecule has 0 unspecified atom stereocenters. The summed E-state index contributed by atoms with van der Waals surface area (Å²) in [6, 6.07) is 0. The summed E-state index contributed by atoms with van der Waals surface area (Å²) in [5.74, 6) is 0.764. The van der Waals surface area contributed by atoms with E-state index >= 15 is 0 Å². The number of carbonyl (C=O) groups excluding carboxylic acids is 1. The van der Waals surface area contributed by atoms with Crippen LogP contribution in [0.25, 0.3) is 0 Å². The molecule has 0 radical (unpaired) electrons. The number of nitrogens with one attached hydrogen (secondary N) is 2. The number of thioether (sulfide) groups is 1. The lowest BCUT2D eigenvalue weighted by atomic mass is 10.5. The highest BCUT2D eigenvalue weighted by atomic mass is 32.2. The quantitative estimate of drug-likeness (QED) is 0.317. The predicted molar refractivity (Wildman–Crippen MR) is 67.2 cm³/mol. The van der Waals surface area contributed by atoms with Crippen LogP contribution in [-0.4, -0.2) is 42.5 Å². The molecule has 7 heteroatoms. The molecule has 86 valence electrons. The predicted octanol–water partition coefficient (Wildman–Crippen LogP) is 0.362. The van der Waals surface area contributed by atoms with E-state index in [1.807, 2.05) is 6.92 Å². The fraction of sp³-hybridized carbons (Fsp3) is 0.625. The van der Waals surface area contributed by atoms with Crippen LogP contribution in [-0.2, 0) is 9.53 Å². The molecule has 0 aromatic carbocycles. The number of rotatable bonds is 5. The summed E-state index contributed by atoms with van der Waals surface area (Å²) in [6.07, 6.45) is 0. The van der Waals surface area contributed by atoms with Crippen LogP contribution in [0.15, 0.2) is 5.10 Å². The molecular formula is C8H15N3O2S2. The molecule has 5 nitrogen and oxygen atoms in total. The molecule has 0 aromatic heterocycles. The Bertz CT molecular complexity index is 256. The maximum absolute atomic E-state index is 10.8. The van der Waals surface area contributed by atoms with E-state index < -0.39 is 0 Å². The van der Waals surface area contributed by atoms with E-state index in [0.717, 1.165) is 5.71 Å². The van der Waals surface area contributed by atoms with E-state index in [1.54, 1.807) is 7.05 Å². The van der Waals surface area contributed by atoms with E-state index in [4.69, 9.17) is 12.2 Å².